The van der Waals surface area contributed by atoms with E-state index in [1.54, 1.807) is 0 Å². The Morgan fingerprint density at radius 1 is 1.35 bits per heavy atom. The van der Waals surface area contributed by atoms with E-state index < -0.39 is 9.84 Å². The minimum Gasteiger partial charge on any atom is -0.299 e. The van der Waals surface area contributed by atoms with Gasteiger partial charge in [0.25, 0.3) is 0 Å². The van der Waals surface area contributed by atoms with E-state index >= 15 is 0 Å². The second-order valence-corrected chi connectivity index (χ2v) is 7.97. The summed E-state index contributed by atoms with van der Waals surface area (Å²) in [6, 6.07) is 0. The van der Waals surface area contributed by atoms with Gasteiger partial charge >= 0.3 is 0 Å². The summed E-state index contributed by atoms with van der Waals surface area (Å²) < 4.78 is 22.1. The molecule has 0 aromatic heterocycles. The van der Waals surface area contributed by atoms with E-state index in [-0.39, 0.29) is 11.7 Å². The summed E-state index contributed by atoms with van der Waals surface area (Å²) in [5, 5.41) is 0. The highest BCUT2D eigenvalue weighted by Gasteiger charge is 2.29. The Balaban J connectivity index is 2.43. The molecule has 0 heterocycles. The van der Waals surface area contributed by atoms with E-state index in [1.807, 2.05) is 0 Å². The smallest absolute Gasteiger partial charge is 0.147 e. The van der Waals surface area contributed by atoms with Crippen LogP contribution in [-0.2, 0) is 14.6 Å². The Morgan fingerprint density at radius 3 is 2.53 bits per heavy atom. The molecule has 1 aliphatic rings. The lowest BCUT2D eigenvalue weighted by Crippen LogP contribution is -2.27. The topological polar surface area (TPSA) is 51.2 Å². The van der Waals surface area contributed by atoms with Gasteiger partial charge in [-0.3, -0.25) is 4.79 Å². The number of ketones is 1. The molecule has 0 amide bonds. The van der Waals surface area contributed by atoms with Crippen LogP contribution < -0.4 is 0 Å². The average molecular weight is 260 g/mol. The Labute approximate surface area is 105 Å². The molecule has 0 aromatic rings. The van der Waals surface area contributed by atoms with E-state index in [1.165, 1.54) is 6.26 Å². The summed E-state index contributed by atoms with van der Waals surface area (Å²) in [5.41, 5.74) is 0. The maximum atomic E-state index is 11.8. The fourth-order valence-electron chi connectivity index (χ4n) is 2.62. The number of rotatable bonds is 5. The molecule has 0 saturated heterocycles. The lowest BCUT2D eigenvalue weighted by Gasteiger charge is -2.30. The van der Waals surface area contributed by atoms with Crippen LogP contribution in [0.15, 0.2) is 0 Å². The van der Waals surface area contributed by atoms with Gasteiger partial charge < -0.3 is 0 Å². The third-order valence-electron chi connectivity index (χ3n) is 3.81. The zero-order valence-corrected chi connectivity index (χ0v) is 11.9. The lowest BCUT2D eigenvalue weighted by atomic mass is 9.74. The fourth-order valence-corrected chi connectivity index (χ4v) is 3.31. The number of hydrogen-bond donors (Lipinski definition) is 0. The van der Waals surface area contributed by atoms with Crippen LogP contribution in [0, 0.1) is 17.8 Å². The van der Waals surface area contributed by atoms with Crippen LogP contribution in [0.3, 0.4) is 0 Å². The quantitative estimate of drug-likeness (QED) is 0.763. The normalized spacial score (nSPS) is 26.5. The summed E-state index contributed by atoms with van der Waals surface area (Å²) in [4.78, 5) is 11.8. The van der Waals surface area contributed by atoms with Crippen molar-refractivity contribution in [2.24, 2.45) is 17.8 Å². The molecule has 100 valence electrons. The highest BCUT2D eigenvalue weighted by Crippen LogP contribution is 2.33. The lowest BCUT2D eigenvalue weighted by molar-refractivity contribution is -0.126. The predicted molar refractivity (Wildman–Crippen MR) is 69.6 cm³/mol. The molecule has 4 heteroatoms. The van der Waals surface area contributed by atoms with Crippen LogP contribution in [0.4, 0.5) is 0 Å². The maximum absolute atomic E-state index is 11.8. The molecule has 1 fully saturated rings. The second kappa shape index (κ2) is 5.98. The standard InChI is InChI=1S/C13H24O3S/c1-10(2)11-6-7-13(14)12(9-11)5-4-8-17(3,15)16/h10-12H,4-9H2,1-3H3. The molecule has 0 bridgehead atoms. The Morgan fingerprint density at radius 2 is 2.00 bits per heavy atom. The van der Waals surface area contributed by atoms with Gasteiger partial charge in [0, 0.05) is 24.3 Å². The van der Waals surface area contributed by atoms with Crippen molar-refractivity contribution in [1.82, 2.24) is 0 Å². The molecule has 1 rings (SSSR count). The number of Topliss-reactive ketones (excluding diaryl/α,β-unsaturated/α-hetero) is 1. The predicted octanol–water partition coefficient (Wildman–Crippen LogP) is 2.45. The minimum absolute atomic E-state index is 0.109. The summed E-state index contributed by atoms with van der Waals surface area (Å²) in [6.45, 7) is 4.40. The molecular formula is C13H24O3S. The highest BCUT2D eigenvalue weighted by molar-refractivity contribution is 7.90. The van der Waals surface area contributed by atoms with Crippen LogP contribution in [0.2, 0.25) is 0 Å². The van der Waals surface area contributed by atoms with Crippen molar-refractivity contribution < 1.29 is 13.2 Å². The molecule has 0 radical (unpaired) electrons. The molecule has 0 N–H and O–H groups in total. The van der Waals surface area contributed by atoms with Gasteiger partial charge in [0.2, 0.25) is 0 Å². The maximum Gasteiger partial charge on any atom is 0.147 e. The van der Waals surface area contributed by atoms with Gasteiger partial charge in [-0.1, -0.05) is 13.8 Å². The first kappa shape index (κ1) is 14.7. The summed E-state index contributed by atoms with van der Waals surface area (Å²) in [6.07, 6.45) is 5.29. The fraction of sp³-hybridized carbons (Fsp3) is 0.923. The van der Waals surface area contributed by atoms with Crippen LogP contribution in [0.25, 0.3) is 0 Å². The summed E-state index contributed by atoms with van der Waals surface area (Å²) in [5.74, 6) is 1.92. The molecule has 1 aliphatic carbocycles. The van der Waals surface area contributed by atoms with Crippen LogP contribution in [0.5, 0.6) is 0 Å². The van der Waals surface area contributed by atoms with Crippen molar-refractivity contribution in [2.75, 3.05) is 12.0 Å². The molecule has 0 spiro atoms. The molecule has 3 nitrogen and oxygen atoms in total. The zero-order valence-electron chi connectivity index (χ0n) is 11.1. The van der Waals surface area contributed by atoms with Gasteiger partial charge in [-0.15, -0.1) is 0 Å². The molecule has 2 unspecified atom stereocenters. The van der Waals surface area contributed by atoms with Crippen molar-refractivity contribution in [2.45, 2.75) is 46.0 Å². The number of carbonyl (C=O) groups excluding carboxylic acids is 1. The first-order valence-electron chi connectivity index (χ1n) is 6.50. The zero-order chi connectivity index (χ0) is 13.1. The Bertz CT molecular complexity index is 357. The SMILES string of the molecule is CC(C)C1CCC(=O)C(CCCS(C)(=O)=O)C1. The largest absolute Gasteiger partial charge is 0.299 e. The number of hydrogen-bond acceptors (Lipinski definition) is 3. The Kier molecular flexibility index (Phi) is 5.17. The molecule has 2 atom stereocenters. The van der Waals surface area contributed by atoms with Crippen LogP contribution in [0.1, 0.15) is 46.0 Å². The summed E-state index contributed by atoms with van der Waals surface area (Å²) >= 11 is 0. The van der Waals surface area contributed by atoms with E-state index in [9.17, 15) is 13.2 Å². The van der Waals surface area contributed by atoms with Crippen LogP contribution in [-0.4, -0.2) is 26.2 Å². The van der Waals surface area contributed by atoms with Crippen molar-refractivity contribution in [3.05, 3.63) is 0 Å². The van der Waals surface area contributed by atoms with Crippen molar-refractivity contribution >= 4 is 15.6 Å². The monoisotopic (exact) mass is 260 g/mol. The second-order valence-electron chi connectivity index (χ2n) is 5.71. The van der Waals surface area contributed by atoms with Crippen molar-refractivity contribution in [1.29, 1.82) is 0 Å². The van der Waals surface area contributed by atoms with Crippen molar-refractivity contribution in [3.63, 3.8) is 0 Å². The van der Waals surface area contributed by atoms with Gasteiger partial charge in [0.15, 0.2) is 0 Å². The van der Waals surface area contributed by atoms with Gasteiger partial charge in [0.1, 0.15) is 15.6 Å². The molecule has 0 aromatic carbocycles. The van der Waals surface area contributed by atoms with E-state index in [2.05, 4.69) is 13.8 Å². The molecular weight excluding hydrogens is 236 g/mol. The van der Waals surface area contributed by atoms with E-state index in [0.717, 1.165) is 19.3 Å². The van der Waals surface area contributed by atoms with Gasteiger partial charge in [0.05, 0.1) is 0 Å². The van der Waals surface area contributed by atoms with E-state index in [0.29, 0.717) is 30.5 Å². The van der Waals surface area contributed by atoms with E-state index in [4.69, 9.17) is 0 Å². The first-order valence-corrected chi connectivity index (χ1v) is 8.56. The Hall–Kier alpha value is -0.380. The van der Waals surface area contributed by atoms with Gasteiger partial charge in [-0.25, -0.2) is 8.42 Å². The molecule has 17 heavy (non-hydrogen) atoms. The van der Waals surface area contributed by atoms with Gasteiger partial charge in [-0.05, 0) is 37.5 Å². The van der Waals surface area contributed by atoms with Crippen LogP contribution >= 0.6 is 0 Å². The third kappa shape index (κ3) is 5.19. The minimum atomic E-state index is -2.88. The van der Waals surface area contributed by atoms with Gasteiger partial charge in [-0.2, -0.15) is 0 Å². The molecule has 1 saturated carbocycles. The van der Waals surface area contributed by atoms with Crippen molar-refractivity contribution in [3.8, 4) is 0 Å². The number of carbonyl (C=O) groups is 1. The first-order chi connectivity index (χ1) is 7.79. The molecule has 0 aliphatic heterocycles. The third-order valence-corrected chi connectivity index (χ3v) is 4.84. The number of sulfone groups is 1. The average Bonchev–Trinajstić information content (AvgIpc) is 2.18. The highest BCUT2D eigenvalue weighted by atomic mass is 32.2. The summed E-state index contributed by atoms with van der Waals surface area (Å²) in [7, 11) is -2.88.